The topological polar surface area (TPSA) is 0 Å². The molecule has 0 bridgehead atoms. The van der Waals surface area contributed by atoms with Gasteiger partial charge in [-0.25, -0.2) is 0 Å². The number of aryl methyl sites for hydroxylation is 2. The van der Waals surface area contributed by atoms with Crippen molar-refractivity contribution in [3.63, 3.8) is 0 Å². The van der Waals surface area contributed by atoms with Crippen LogP contribution >= 0.6 is 0 Å². The normalized spacial score (nSPS) is 16.3. The fourth-order valence-electron chi connectivity index (χ4n) is 9.38. The van der Waals surface area contributed by atoms with Crippen molar-refractivity contribution in [3.8, 4) is 22.3 Å². The zero-order valence-electron chi connectivity index (χ0n) is 29.7. The Hall–Kier alpha value is -4.46. The summed E-state index contributed by atoms with van der Waals surface area (Å²) in [6.45, 7) is 4.49. The van der Waals surface area contributed by atoms with Crippen LogP contribution in [0.3, 0.4) is 0 Å². The number of allylic oxidation sites excluding steroid dienone is 2. The zero-order valence-corrected chi connectivity index (χ0v) is 33.3. The van der Waals surface area contributed by atoms with E-state index < -0.39 is 18.0 Å². The molecule has 2 aliphatic carbocycles. The molecule has 2 unspecified atom stereocenters. The average molecular weight is 813 g/mol. The van der Waals surface area contributed by atoms with Crippen molar-refractivity contribution in [1.29, 1.82) is 0 Å². The fourth-order valence-corrected chi connectivity index (χ4v) is 33.0. The average Bonchev–Trinajstić information content (AvgIpc) is 3.80. The Morgan fingerprint density at radius 2 is 0.820 bits per heavy atom. The van der Waals surface area contributed by atoms with E-state index in [4.69, 9.17) is 0 Å². The molecule has 0 saturated heterocycles. The molecule has 0 aliphatic heterocycles. The summed E-state index contributed by atoms with van der Waals surface area (Å²) in [5, 5.41) is 0. The molecule has 0 radical (unpaired) electrons. The van der Waals surface area contributed by atoms with Crippen molar-refractivity contribution < 1.29 is 18.0 Å². The van der Waals surface area contributed by atoms with Crippen LogP contribution in [0.15, 0.2) is 158 Å². The van der Waals surface area contributed by atoms with Gasteiger partial charge < -0.3 is 0 Å². The molecule has 50 heavy (non-hydrogen) atoms. The Morgan fingerprint density at radius 3 is 1.24 bits per heavy atom. The zero-order chi connectivity index (χ0) is 34.3. The number of rotatable bonds is 8. The third kappa shape index (κ3) is 5.51. The molecule has 1 heteroatoms. The number of hydrogen-bond acceptors (Lipinski definition) is 0. The van der Waals surface area contributed by atoms with E-state index in [2.05, 4.69) is 193 Å². The van der Waals surface area contributed by atoms with Crippen molar-refractivity contribution in [2.75, 3.05) is 0 Å². The second kappa shape index (κ2) is 13.0. The van der Waals surface area contributed by atoms with Gasteiger partial charge in [0.15, 0.2) is 0 Å². The molecule has 6 aromatic rings. The molecule has 0 aromatic heterocycles. The van der Waals surface area contributed by atoms with Gasteiger partial charge in [-0.15, -0.1) is 0 Å². The molecule has 2 aliphatic rings. The first-order valence-electron chi connectivity index (χ1n) is 18.2. The first-order chi connectivity index (χ1) is 24.3. The van der Waals surface area contributed by atoms with E-state index in [0.717, 1.165) is 12.8 Å². The molecule has 0 amide bonds. The van der Waals surface area contributed by atoms with Crippen LogP contribution in [0.25, 0.3) is 34.4 Å². The predicted molar refractivity (Wildman–Crippen MR) is 214 cm³/mol. The second-order valence-corrected chi connectivity index (χ2v) is 41.2. The SMILES string of the molecule is Cc1ccccc1-c1cccc2c1C=C[CH]2[Hf]([CH3])([CH3])(=[C](Cc1ccccc1)Cc1ccccc1)[CH]1C=Cc2c(-c3ccccc3C)cccc21. The third-order valence-electron chi connectivity index (χ3n) is 12.3. The fraction of sp³-hybridized carbons (Fsp3) is 0.163. The monoisotopic (exact) mass is 814 g/mol. The quantitative estimate of drug-likeness (QED) is 0.134. The number of fused-ring (bicyclic) bond motifs is 2. The minimum atomic E-state index is -4.44. The van der Waals surface area contributed by atoms with Gasteiger partial charge in [-0.2, -0.15) is 0 Å². The maximum absolute atomic E-state index is 4.44. The molecule has 0 N–H and O–H groups in total. The van der Waals surface area contributed by atoms with E-state index in [-0.39, 0.29) is 0 Å². The summed E-state index contributed by atoms with van der Waals surface area (Å²) < 4.78 is 8.14. The van der Waals surface area contributed by atoms with Crippen molar-refractivity contribution in [1.82, 2.24) is 0 Å². The Labute approximate surface area is 299 Å². The van der Waals surface area contributed by atoms with Crippen LogP contribution in [0.1, 0.15) is 51.9 Å². The van der Waals surface area contributed by atoms with Crippen molar-refractivity contribution in [2.24, 2.45) is 0 Å². The van der Waals surface area contributed by atoms with E-state index in [1.807, 2.05) is 0 Å². The van der Waals surface area contributed by atoms with Crippen LogP contribution in [0.4, 0.5) is 0 Å². The second-order valence-electron chi connectivity index (χ2n) is 15.5. The van der Waals surface area contributed by atoms with Crippen LogP contribution in [0.2, 0.25) is 9.36 Å². The van der Waals surface area contributed by atoms with E-state index in [1.165, 1.54) is 66.8 Å². The van der Waals surface area contributed by atoms with Gasteiger partial charge in [0.25, 0.3) is 0 Å². The molecule has 246 valence electrons. The van der Waals surface area contributed by atoms with E-state index in [1.54, 1.807) is 3.26 Å². The van der Waals surface area contributed by atoms with E-state index in [9.17, 15) is 0 Å². The van der Waals surface area contributed by atoms with Crippen molar-refractivity contribution in [2.45, 2.75) is 43.4 Å². The predicted octanol–water partition coefficient (Wildman–Crippen LogP) is 12.9. The summed E-state index contributed by atoms with van der Waals surface area (Å²) in [4.78, 5) is 0. The Morgan fingerprint density at radius 1 is 0.440 bits per heavy atom. The van der Waals surface area contributed by atoms with Gasteiger partial charge >= 0.3 is 301 Å². The summed E-state index contributed by atoms with van der Waals surface area (Å²) in [5.74, 6) is 0. The maximum atomic E-state index is 2.81. The molecule has 0 saturated carbocycles. The Kier molecular flexibility index (Phi) is 8.52. The van der Waals surface area contributed by atoms with Gasteiger partial charge in [-0.1, -0.05) is 0 Å². The summed E-state index contributed by atoms with van der Waals surface area (Å²) in [6, 6.07) is 54.5. The van der Waals surface area contributed by atoms with E-state index >= 15 is 0 Å². The Bertz CT molecular complexity index is 2190. The van der Waals surface area contributed by atoms with Crippen LogP contribution in [0, 0.1) is 13.8 Å². The third-order valence-corrected chi connectivity index (χ3v) is 38.9. The molecule has 0 heterocycles. The van der Waals surface area contributed by atoms with Crippen LogP contribution in [-0.4, -0.2) is 3.26 Å². The molecule has 0 fully saturated rings. The minimum absolute atomic E-state index is 0.371. The van der Waals surface area contributed by atoms with Crippen LogP contribution < -0.4 is 0 Å². The first-order valence-corrected chi connectivity index (χ1v) is 31.3. The molecule has 6 aromatic carbocycles. The molecule has 8 rings (SSSR count). The van der Waals surface area contributed by atoms with E-state index in [0.29, 0.717) is 7.35 Å². The summed E-state index contributed by atoms with van der Waals surface area (Å²) in [6.07, 6.45) is 12.2. The van der Waals surface area contributed by atoms with Crippen LogP contribution in [0.5, 0.6) is 0 Å². The summed E-state index contributed by atoms with van der Waals surface area (Å²) >= 11 is -4.44. The Balaban J connectivity index is 1.41. The van der Waals surface area contributed by atoms with Crippen LogP contribution in [-0.2, 0) is 30.9 Å². The van der Waals surface area contributed by atoms with Gasteiger partial charge in [0.2, 0.25) is 0 Å². The van der Waals surface area contributed by atoms with Crippen molar-refractivity contribution >= 4 is 15.4 Å². The van der Waals surface area contributed by atoms with Gasteiger partial charge in [0.1, 0.15) is 0 Å². The molecular formula is C49H46Hf. The molecule has 0 spiro atoms. The molecule has 2 atom stereocenters. The van der Waals surface area contributed by atoms with Gasteiger partial charge in [0.05, 0.1) is 0 Å². The number of benzene rings is 6. The van der Waals surface area contributed by atoms with Gasteiger partial charge in [-0.05, 0) is 0 Å². The summed E-state index contributed by atoms with van der Waals surface area (Å²) in [5.41, 5.74) is 16.7. The van der Waals surface area contributed by atoms with Gasteiger partial charge in [-0.3, -0.25) is 0 Å². The summed E-state index contributed by atoms with van der Waals surface area (Å²) in [7, 11) is 0. The molecular weight excluding hydrogens is 767 g/mol. The molecule has 0 nitrogen and oxygen atoms in total. The first kappa shape index (κ1) is 32.7. The standard InChI is InChI=1S/2C16H13.C15H14.2CH3.Hf/c2*1-12-6-2-3-9-14(12)16-11-5-8-13-7-4-10-15(13)16;1-3-8-14(9-4-1)12-7-13-15-10-5-2-6-11-15;;;/h2*2-11H,1H3;1-6,8-11H,12-13H2;2*1H3;. The van der Waals surface area contributed by atoms with Gasteiger partial charge in [0, 0.05) is 0 Å². The van der Waals surface area contributed by atoms with Crippen molar-refractivity contribution in [3.05, 3.63) is 202 Å². The number of hydrogen-bond donors (Lipinski definition) is 0.